The van der Waals surface area contributed by atoms with Crippen LogP contribution in [0.4, 0.5) is 18.9 Å². The Bertz CT molecular complexity index is 642. The summed E-state index contributed by atoms with van der Waals surface area (Å²) >= 11 is 6.05. The van der Waals surface area contributed by atoms with Crippen molar-refractivity contribution in [2.45, 2.75) is 24.6 Å². The number of anilines is 1. The molecule has 1 aromatic rings. The summed E-state index contributed by atoms with van der Waals surface area (Å²) in [7, 11) is 0. The van der Waals surface area contributed by atoms with Gasteiger partial charge < -0.3 is 15.2 Å². The Kier molecular flexibility index (Phi) is 3.16. The number of rotatable bonds is 1. The first-order valence-corrected chi connectivity index (χ1v) is 6.72. The second kappa shape index (κ2) is 4.66. The molecule has 1 heterocycles. The zero-order valence-electron chi connectivity index (χ0n) is 10.6. The maximum Gasteiger partial charge on any atom is 0.418 e. The van der Waals surface area contributed by atoms with Crippen LogP contribution < -0.4 is 10.4 Å². The first-order valence-electron chi connectivity index (χ1n) is 6.34. The molecule has 0 radical (unpaired) electrons. The number of hydrogen-bond donors (Lipinski definition) is 1. The van der Waals surface area contributed by atoms with E-state index >= 15 is 0 Å². The molecule has 21 heavy (non-hydrogen) atoms. The van der Waals surface area contributed by atoms with Crippen molar-refractivity contribution in [2.24, 2.45) is 5.92 Å². The van der Waals surface area contributed by atoms with Gasteiger partial charge in [0.2, 0.25) is 0 Å². The molecule has 1 N–H and O–H groups in total. The Morgan fingerprint density at radius 1 is 1.38 bits per heavy atom. The van der Waals surface area contributed by atoms with Crippen LogP contribution >= 0.6 is 11.6 Å². The van der Waals surface area contributed by atoms with Crippen LogP contribution in [-0.2, 0) is 11.0 Å². The van der Waals surface area contributed by atoms with Crippen molar-refractivity contribution < 1.29 is 23.1 Å². The second-order valence-corrected chi connectivity index (χ2v) is 5.58. The number of carboxylic acids is 1. The van der Waals surface area contributed by atoms with Gasteiger partial charge in [0.25, 0.3) is 0 Å². The number of hydrogen-bond acceptors (Lipinski definition) is 3. The summed E-state index contributed by atoms with van der Waals surface area (Å²) in [6.45, 7) is 0. The minimum Gasteiger partial charge on any atom is -0.548 e. The molecular formula is C14H10ClF3NO2-. The predicted molar refractivity (Wildman–Crippen MR) is 68.9 cm³/mol. The predicted octanol–water partition coefficient (Wildman–Crippen LogP) is 2.56. The molecule has 0 saturated carbocycles. The quantitative estimate of drug-likeness (QED) is 0.810. The van der Waals surface area contributed by atoms with E-state index in [1.807, 2.05) is 0 Å². The fourth-order valence-electron chi connectivity index (χ4n) is 3.13. The van der Waals surface area contributed by atoms with Gasteiger partial charge in [-0.2, -0.15) is 13.2 Å². The third-order valence-corrected chi connectivity index (χ3v) is 4.36. The molecule has 1 aliphatic heterocycles. The van der Waals surface area contributed by atoms with Gasteiger partial charge in [0, 0.05) is 16.5 Å². The summed E-state index contributed by atoms with van der Waals surface area (Å²) in [4.78, 5) is 11.2. The molecule has 0 amide bonds. The van der Waals surface area contributed by atoms with Gasteiger partial charge >= 0.3 is 6.18 Å². The molecular weight excluding hydrogens is 307 g/mol. The van der Waals surface area contributed by atoms with Crippen molar-refractivity contribution in [3.05, 3.63) is 40.4 Å². The minimum absolute atomic E-state index is 0.198. The highest BCUT2D eigenvalue weighted by Crippen LogP contribution is 2.50. The van der Waals surface area contributed by atoms with Gasteiger partial charge in [-0.3, -0.25) is 0 Å². The molecule has 3 nitrogen and oxygen atoms in total. The molecule has 0 unspecified atom stereocenters. The molecule has 1 aliphatic carbocycles. The van der Waals surface area contributed by atoms with Crippen molar-refractivity contribution in [3.63, 3.8) is 0 Å². The molecule has 7 heteroatoms. The molecule has 112 valence electrons. The van der Waals surface area contributed by atoms with Gasteiger partial charge in [-0.05, 0) is 24.5 Å². The molecule has 3 rings (SSSR count). The van der Waals surface area contributed by atoms with E-state index in [1.165, 1.54) is 6.07 Å². The van der Waals surface area contributed by atoms with Crippen molar-refractivity contribution >= 4 is 23.3 Å². The average Bonchev–Trinajstić information content (AvgIpc) is 2.84. The van der Waals surface area contributed by atoms with Gasteiger partial charge in [0.15, 0.2) is 0 Å². The van der Waals surface area contributed by atoms with E-state index in [1.54, 1.807) is 12.2 Å². The van der Waals surface area contributed by atoms with Crippen molar-refractivity contribution in [1.82, 2.24) is 0 Å². The van der Waals surface area contributed by atoms with Crippen molar-refractivity contribution in [2.75, 3.05) is 5.32 Å². The summed E-state index contributed by atoms with van der Waals surface area (Å²) in [6, 6.07) is 0.893. The summed E-state index contributed by atoms with van der Waals surface area (Å²) in [6.07, 6.45) is -0.652. The Morgan fingerprint density at radius 2 is 2.10 bits per heavy atom. The largest absolute Gasteiger partial charge is 0.548 e. The number of aliphatic carboxylic acids is 1. The van der Waals surface area contributed by atoms with Crippen LogP contribution in [0.15, 0.2) is 24.3 Å². The molecule has 0 bridgehead atoms. The number of nitrogens with one attached hydrogen (secondary N) is 1. The zero-order valence-corrected chi connectivity index (χ0v) is 11.3. The summed E-state index contributed by atoms with van der Waals surface area (Å²) in [5, 5.41) is 13.9. The zero-order chi connectivity index (χ0) is 15.4. The minimum atomic E-state index is -4.59. The first-order chi connectivity index (χ1) is 9.80. The van der Waals surface area contributed by atoms with Crippen LogP contribution in [0.2, 0.25) is 5.02 Å². The SMILES string of the molecule is O=C([O-])[C@@H]1Nc2c(C(F)(F)F)ccc(Cl)c2[C@H]2C=CC[C@@H]21. The number of carbonyl (C=O) groups is 1. The fraction of sp³-hybridized carbons (Fsp3) is 0.357. The number of fused-ring (bicyclic) bond motifs is 3. The van der Waals surface area contributed by atoms with Crippen molar-refractivity contribution in [3.8, 4) is 0 Å². The Hall–Kier alpha value is -1.69. The van der Waals surface area contributed by atoms with E-state index in [0.717, 1.165) is 6.07 Å². The number of benzene rings is 1. The topological polar surface area (TPSA) is 52.2 Å². The van der Waals surface area contributed by atoms with Crippen LogP contribution in [0, 0.1) is 5.92 Å². The van der Waals surface area contributed by atoms with E-state index in [9.17, 15) is 23.1 Å². The highest BCUT2D eigenvalue weighted by molar-refractivity contribution is 6.32. The first kappa shape index (κ1) is 14.3. The van der Waals surface area contributed by atoms with E-state index in [-0.39, 0.29) is 16.6 Å². The summed E-state index contributed by atoms with van der Waals surface area (Å²) < 4.78 is 39.3. The Labute approximate surface area is 123 Å². The van der Waals surface area contributed by atoms with E-state index < -0.39 is 29.7 Å². The molecule has 1 aromatic carbocycles. The summed E-state index contributed by atoms with van der Waals surface area (Å²) in [5.74, 6) is -2.24. The monoisotopic (exact) mass is 316 g/mol. The number of carbonyl (C=O) groups excluding carboxylic acids is 1. The molecule has 3 atom stereocenters. The van der Waals surface area contributed by atoms with Crippen LogP contribution in [0.3, 0.4) is 0 Å². The lowest BCUT2D eigenvalue weighted by atomic mass is 9.78. The smallest absolute Gasteiger partial charge is 0.418 e. The molecule has 2 aliphatic rings. The maximum atomic E-state index is 13.1. The lowest BCUT2D eigenvalue weighted by Gasteiger charge is -2.39. The lowest BCUT2D eigenvalue weighted by molar-refractivity contribution is -0.308. The van der Waals surface area contributed by atoms with Gasteiger partial charge in [0.05, 0.1) is 23.3 Å². The van der Waals surface area contributed by atoms with Crippen LogP contribution in [0.5, 0.6) is 0 Å². The van der Waals surface area contributed by atoms with Crippen LogP contribution in [-0.4, -0.2) is 12.0 Å². The Balaban J connectivity index is 2.22. The van der Waals surface area contributed by atoms with Gasteiger partial charge in [-0.1, -0.05) is 23.8 Å². The van der Waals surface area contributed by atoms with E-state index in [0.29, 0.717) is 12.0 Å². The maximum absolute atomic E-state index is 13.1. The van der Waals surface area contributed by atoms with Gasteiger partial charge in [-0.15, -0.1) is 0 Å². The normalized spacial score (nSPS) is 27.0. The van der Waals surface area contributed by atoms with Crippen LogP contribution in [0.25, 0.3) is 0 Å². The highest BCUT2D eigenvalue weighted by atomic mass is 35.5. The molecule has 0 spiro atoms. The van der Waals surface area contributed by atoms with E-state index in [2.05, 4.69) is 5.32 Å². The van der Waals surface area contributed by atoms with Gasteiger partial charge in [-0.25, -0.2) is 0 Å². The number of allylic oxidation sites excluding steroid dienone is 2. The Morgan fingerprint density at radius 3 is 2.71 bits per heavy atom. The highest BCUT2D eigenvalue weighted by Gasteiger charge is 2.43. The standard InChI is InChI=1S/C14H11ClF3NO2/c15-9-5-4-8(14(16,17)18)12-10(9)6-2-1-3-7(6)11(19-12)13(20)21/h1-2,4-7,11,19H,3H2,(H,20,21)/p-1/t6-,7-,11+/m0/s1. The fourth-order valence-corrected chi connectivity index (χ4v) is 3.42. The van der Waals surface area contributed by atoms with E-state index in [4.69, 9.17) is 11.6 Å². The number of carboxylic acid groups (broad SMARTS) is 1. The number of halogens is 4. The average molecular weight is 317 g/mol. The van der Waals surface area contributed by atoms with Gasteiger partial charge in [0.1, 0.15) is 0 Å². The lowest BCUT2D eigenvalue weighted by Crippen LogP contribution is -2.49. The second-order valence-electron chi connectivity index (χ2n) is 5.18. The third kappa shape index (κ3) is 2.18. The molecule has 0 saturated heterocycles. The van der Waals surface area contributed by atoms with Crippen LogP contribution in [0.1, 0.15) is 23.5 Å². The molecule has 0 aromatic heterocycles. The molecule has 0 fully saturated rings. The number of alkyl halides is 3. The third-order valence-electron chi connectivity index (χ3n) is 4.03. The summed E-state index contributed by atoms with van der Waals surface area (Å²) in [5.41, 5.74) is -0.855. The van der Waals surface area contributed by atoms with Crippen molar-refractivity contribution in [1.29, 1.82) is 0 Å².